The highest BCUT2D eigenvalue weighted by atomic mass is 16.5. The molecule has 0 spiro atoms. The van der Waals surface area contributed by atoms with Gasteiger partial charge < -0.3 is 4.74 Å². The van der Waals surface area contributed by atoms with Gasteiger partial charge in [0.25, 0.3) is 0 Å². The molecule has 0 saturated heterocycles. The van der Waals surface area contributed by atoms with E-state index in [1.54, 1.807) is 0 Å². The third-order valence-electron chi connectivity index (χ3n) is 7.28. The first-order valence-electron chi connectivity index (χ1n) is 16.1. The average Bonchev–Trinajstić information content (AvgIpc) is 3.22. The molecule has 0 saturated carbocycles. The van der Waals surface area contributed by atoms with Crippen LogP contribution in [-0.4, -0.2) is 12.1 Å². The van der Waals surface area contributed by atoms with Crippen molar-refractivity contribution in [2.24, 2.45) is 0 Å². The van der Waals surface area contributed by atoms with Crippen LogP contribution in [0.1, 0.15) is 162 Å². The summed E-state index contributed by atoms with van der Waals surface area (Å²) in [5.41, 5.74) is 0.888. The van der Waals surface area contributed by atoms with E-state index in [4.69, 9.17) is 4.74 Å². The summed E-state index contributed by atoms with van der Waals surface area (Å²) < 4.78 is 5.14. The number of hydrogen-bond acceptors (Lipinski definition) is 2. The standard InChI is InChI=1S/C35H60O2/c1-3-4-5-6-7-8-9-10-11-12-13-14-15-16-17-18-19-20-21-22-23-24-25-26-27-28-29-30-31-34-32-33(2)37-35(34)36/h14-15,18-19,22-23,32-33H,3-13,16-17,20-21,24-31H2,1-2H3/b15-14-,19-18-,23-22-/t33-/m0/s1. The van der Waals surface area contributed by atoms with Crippen molar-refractivity contribution < 1.29 is 9.53 Å². The summed E-state index contributed by atoms with van der Waals surface area (Å²) in [7, 11) is 0. The maximum Gasteiger partial charge on any atom is 0.334 e. The first-order chi connectivity index (χ1) is 18.2. The van der Waals surface area contributed by atoms with Gasteiger partial charge in [0.05, 0.1) is 0 Å². The van der Waals surface area contributed by atoms with Gasteiger partial charge in [-0.1, -0.05) is 127 Å². The lowest BCUT2D eigenvalue weighted by Crippen LogP contribution is -2.03. The quantitative estimate of drug-likeness (QED) is 0.0654. The third-order valence-corrected chi connectivity index (χ3v) is 7.28. The molecule has 0 aliphatic carbocycles. The van der Waals surface area contributed by atoms with Crippen LogP contribution in [0, 0.1) is 0 Å². The number of ether oxygens (including phenoxy) is 1. The molecule has 212 valence electrons. The van der Waals surface area contributed by atoms with E-state index in [-0.39, 0.29) is 12.1 Å². The highest BCUT2D eigenvalue weighted by molar-refractivity contribution is 5.90. The summed E-state index contributed by atoms with van der Waals surface area (Å²) in [6.07, 6.45) is 46.0. The average molecular weight is 513 g/mol. The van der Waals surface area contributed by atoms with Crippen LogP contribution < -0.4 is 0 Å². The largest absolute Gasteiger partial charge is 0.455 e. The van der Waals surface area contributed by atoms with E-state index in [0.29, 0.717) is 0 Å². The Morgan fingerprint density at radius 3 is 1.35 bits per heavy atom. The van der Waals surface area contributed by atoms with Gasteiger partial charge in [-0.25, -0.2) is 4.79 Å². The highest BCUT2D eigenvalue weighted by Crippen LogP contribution is 2.20. The third kappa shape index (κ3) is 22.2. The molecular formula is C35H60O2. The Morgan fingerprint density at radius 2 is 0.946 bits per heavy atom. The van der Waals surface area contributed by atoms with Crippen molar-refractivity contribution in [3.63, 3.8) is 0 Å². The number of rotatable bonds is 26. The summed E-state index contributed by atoms with van der Waals surface area (Å²) in [4.78, 5) is 11.6. The van der Waals surface area contributed by atoms with E-state index in [9.17, 15) is 4.79 Å². The molecule has 2 nitrogen and oxygen atoms in total. The van der Waals surface area contributed by atoms with E-state index >= 15 is 0 Å². The first-order valence-corrected chi connectivity index (χ1v) is 16.1. The predicted octanol–water partition coefficient (Wildman–Crippen LogP) is 11.5. The van der Waals surface area contributed by atoms with Gasteiger partial charge in [0.1, 0.15) is 6.10 Å². The Labute approximate surface area is 231 Å². The summed E-state index contributed by atoms with van der Waals surface area (Å²) in [6, 6.07) is 0. The number of hydrogen-bond donors (Lipinski definition) is 0. The molecule has 1 rings (SSSR count). The zero-order chi connectivity index (χ0) is 26.7. The van der Waals surface area contributed by atoms with Crippen molar-refractivity contribution in [2.75, 3.05) is 0 Å². The van der Waals surface area contributed by atoms with Crippen LogP contribution >= 0.6 is 0 Å². The predicted molar refractivity (Wildman–Crippen MR) is 163 cm³/mol. The number of esters is 1. The van der Waals surface area contributed by atoms with Crippen molar-refractivity contribution in [1.29, 1.82) is 0 Å². The second-order valence-electron chi connectivity index (χ2n) is 11.0. The van der Waals surface area contributed by atoms with Crippen molar-refractivity contribution in [3.8, 4) is 0 Å². The van der Waals surface area contributed by atoms with E-state index in [0.717, 1.165) is 18.4 Å². The van der Waals surface area contributed by atoms with Gasteiger partial charge in [0.15, 0.2) is 0 Å². The fraction of sp³-hybridized carbons (Fsp3) is 0.743. The molecule has 1 atom stereocenters. The van der Waals surface area contributed by atoms with Crippen molar-refractivity contribution >= 4 is 5.97 Å². The molecule has 1 heterocycles. The van der Waals surface area contributed by atoms with Gasteiger partial charge in [0, 0.05) is 5.57 Å². The molecule has 0 fully saturated rings. The molecular weight excluding hydrogens is 452 g/mol. The maximum absolute atomic E-state index is 11.6. The minimum absolute atomic E-state index is 0.0252. The second-order valence-corrected chi connectivity index (χ2v) is 11.0. The van der Waals surface area contributed by atoms with Crippen molar-refractivity contribution in [1.82, 2.24) is 0 Å². The molecule has 0 N–H and O–H groups in total. The van der Waals surface area contributed by atoms with E-state index in [1.165, 1.54) is 135 Å². The van der Waals surface area contributed by atoms with Crippen LogP contribution in [0.5, 0.6) is 0 Å². The molecule has 2 heteroatoms. The summed E-state index contributed by atoms with van der Waals surface area (Å²) in [5.74, 6) is -0.100. The van der Waals surface area contributed by atoms with E-state index in [2.05, 4.69) is 43.4 Å². The Morgan fingerprint density at radius 1 is 0.568 bits per heavy atom. The first kappa shape index (κ1) is 33.5. The Balaban J connectivity index is 1.76. The molecule has 0 aromatic rings. The Bertz CT molecular complexity index is 640. The smallest absolute Gasteiger partial charge is 0.334 e. The monoisotopic (exact) mass is 512 g/mol. The van der Waals surface area contributed by atoms with Crippen LogP contribution in [0.3, 0.4) is 0 Å². The molecule has 0 bridgehead atoms. The lowest BCUT2D eigenvalue weighted by atomic mass is 10.0. The number of carbonyl (C=O) groups excluding carboxylic acids is 1. The second kappa shape index (κ2) is 26.1. The Kier molecular flexibility index (Phi) is 23.6. The van der Waals surface area contributed by atoms with Crippen LogP contribution in [0.2, 0.25) is 0 Å². The fourth-order valence-electron chi connectivity index (χ4n) is 4.94. The van der Waals surface area contributed by atoms with Gasteiger partial charge in [-0.3, -0.25) is 0 Å². The maximum atomic E-state index is 11.6. The van der Waals surface area contributed by atoms with Crippen LogP contribution in [0.4, 0.5) is 0 Å². The fourth-order valence-corrected chi connectivity index (χ4v) is 4.94. The lowest BCUT2D eigenvalue weighted by Gasteiger charge is -2.01. The van der Waals surface area contributed by atoms with Crippen LogP contribution in [0.15, 0.2) is 48.1 Å². The topological polar surface area (TPSA) is 26.3 Å². The summed E-state index contributed by atoms with van der Waals surface area (Å²) in [5, 5.41) is 0. The van der Waals surface area contributed by atoms with Gasteiger partial charge in [-0.05, 0) is 77.2 Å². The molecule has 0 aromatic heterocycles. The molecule has 37 heavy (non-hydrogen) atoms. The molecule has 1 aliphatic rings. The van der Waals surface area contributed by atoms with Crippen molar-refractivity contribution in [2.45, 2.75) is 168 Å². The lowest BCUT2D eigenvalue weighted by molar-refractivity contribution is -0.139. The van der Waals surface area contributed by atoms with E-state index < -0.39 is 0 Å². The number of unbranched alkanes of at least 4 members (excludes halogenated alkanes) is 18. The number of carbonyl (C=O) groups is 1. The van der Waals surface area contributed by atoms with Crippen LogP contribution in [0.25, 0.3) is 0 Å². The summed E-state index contributed by atoms with van der Waals surface area (Å²) in [6.45, 7) is 4.22. The van der Waals surface area contributed by atoms with E-state index in [1.807, 2.05) is 13.0 Å². The SMILES string of the molecule is CCCCCCCCCCCC/C=C\CC/C=C\CC/C=C\CCCCCCCCC1=C[C@H](C)OC1=O. The summed E-state index contributed by atoms with van der Waals surface area (Å²) >= 11 is 0. The van der Waals surface area contributed by atoms with Gasteiger partial charge in [-0.2, -0.15) is 0 Å². The highest BCUT2D eigenvalue weighted by Gasteiger charge is 2.21. The molecule has 0 amide bonds. The normalized spacial score (nSPS) is 16.0. The minimum Gasteiger partial charge on any atom is -0.455 e. The number of cyclic esters (lactones) is 1. The zero-order valence-corrected chi connectivity index (χ0v) is 24.7. The molecule has 0 radical (unpaired) electrons. The zero-order valence-electron chi connectivity index (χ0n) is 24.7. The van der Waals surface area contributed by atoms with Crippen LogP contribution in [-0.2, 0) is 9.53 Å². The molecule has 1 aliphatic heterocycles. The minimum atomic E-state index is -0.100. The van der Waals surface area contributed by atoms with Gasteiger partial charge in [-0.15, -0.1) is 0 Å². The van der Waals surface area contributed by atoms with Gasteiger partial charge in [0.2, 0.25) is 0 Å². The molecule has 0 aromatic carbocycles. The number of allylic oxidation sites excluding steroid dienone is 6. The Hall–Kier alpha value is -1.57. The van der Waals surface area contributed by atoms with Gasteiger partial charge >= 0.3 is 5.97 Å². The van der Waals surface area contributed by atoms with Crippen molar-refractivity contribution in [3.05, 3.63) is 48.1 Å². The molecule has 0 unspecified atom stereocenters.